The zero-order chi connectivity index (χ0) is 12.0. The molecule has 1 aliphatic heterocycles. The number of fused-ring (bicyclic) bond motifs is 1. The van der Waals surface area contributed by atoms with E-state index in [1.807, 2.05) is 0 Å². The Balaban J connectivity index is 2.39. The summed E-state index contributed by atoms with van der Waals surface area (Å²) < 4.78 is 27.8. The largest absolute Gasteiger partial charge is 0.472 e. The highest BCUT2D eigenvalue weighted by Crippen LogP contribution is 2.48. The first-order chi connectivity index (χ1) is 7.30. The predicted molar refractivity (Wildman–Crippen MR) is 51.9 cm³/mol. The number of nitrogens with one attached hydrogen (secondary N) is 1. The number of phosphoric acid groups is 1. The summed E-state index contributed by atoms with van der Waals surface area (Å²) >= 11 is 0. The van der Waals surface area contributed by atoms with Gasteiger partial charge in [-0.2, -0.15) is 0 Å². The van der Waals surface area contributed by atoms with Crippen molar-refractivity contribution in [2.24, 2.45) is 0 Å². The van der Waals surface area contributed by atoms with Gasteiger partial charge in [0.1, 0.15) is 5.82 Å². The Morgan fingerprint density at radius 3 is 2.81 bits per heavy atom. The first-order valence-corrected chi connectivity index (χ1v) is 5.86. The molecule has 0 aliphatic carbocycles. The summed E-state index contributed by atoms with van der Waals surface area (Å²) in [5.41, 5.74) is 0.341. The highest BCUT2D eigenvalue weighted by Gasteiger charge is 2.43. The monoisotopic (exact) mass is 249 g/mol. The van der Waals surface area contributed by atoms with Crippen molar-refractivity contribution in [2.45, 2.75) is 5.79 Å². The molecule has 1 aromatic carbocycles. The van der Waals surface area contributed by atoms with Crippen molar-refractivity contribution in [1.29, 1.82) is 0 Å². The van der Waals surface area contributed by atoms with Gasteiger partial charge in [0.15, 0.2) is 0 Å². The minimum Gasteiger partial charge on any atom is -0.379 e. The third-order valence-electron chi connectivity index (χ3n) is 2.19. The van der Waals surface area contributed by atoms with Gasteiger partial charge in [-0.3, -0.25) is 0 Å². The molecule has 8 heteroatoms. The molecule has 1 aromatic rings. The molecular weight excluding hydrogens is 240 g/mol. The number of β-amino-alcohol motifs (C(OH)–C–C–N with tert-alkyl or cyclic N) is 1. The van der Waals surface area contributed by atoms with E-state index >= 15 is 0 Å². The highest BCUT2D eigenvalue weighted by atomic mass is 31.2. The average Bonchev–Trinajstić information content (AvgIpc) is 2.40. The number of halogens is 1. The molecule has 0 fully saturated rings. The minimum absolute atomic E-state index is 0.0947. The Kier molecular flexibility index (Phi) is 2.52. The van der Waals surface area contributed by atoms with Gasteiger partial charge in [0.05, 0.1) is 6.54 Å². The third kappa shape index (κ3) is 2.09. The fourth-order valence-corrected chi connectivity index (χ4v) is 2.15. The molecule has 4 N–H and O–H groups in total. The standard InChI is InChI=1S/C8H9FNO5P/c9-5-1-2-6-7(3-5)10-4-8(6,11)15-16(12,13)14/h1-3,10-11H,4H2,(H2,12,13,14). The minimum atomic E-state index is -4.83. The average molecular weight is 249 g/mol. The number of aliphatic hydroxyl groups is 1. The maximum Gasteiger partial charge on any atom is 0.472 e. The van der Waals surface area contributed by atoms with Gasteiger partial charge in [0.25, 0.3) is 0 Å². The van der Waals surface area contributed by atoms with Gasteiger partial charge in [0, 0.05) is 11.3 Å². The third-order valence-corrected chi connectivity index (χ3v) is 2.73. The van der Waals surface area contributed by atoms with E-state index in [2.05, 4.69) is 9.84 Å². The smallest absolute Gasteiger partial charge is 0.379 e. The van der Waals surface area contributed by atoms with Crippen LogP contribution in [0.2, 0.25) is 0 Å². The second kappa shape index (κ2) is 3.51. The Morgan fingerprint density at radius 2 is 2.19 bits per heavy atom. The lowest BCUT2D eigenvalue weighted by atomic mass is 10.1. The van der Waals surface area contributed by atoms with Crippen LogP contribution in [0.1, 0.15) is 5.56 Å². The molecule has 1 aliphatic rings. The Bertz CT molecular complexity index is 475. The van der Waals surface area contributed by atoms with E-state index in [9.17, 15) is 14.1 Å². The van der Waals surface area contributed by atoms with Gasteiger partial charge in [-0.1, -0.05) is 0 Å². The number of hydrogen-bond donors (Lipinski definition) is 4. The second-order valence-corrected chi connectivity index (χ2v) is 4.57. The van der Waals surface area contributed by atoms with Crippen LogP contribution < -0.4 is 5.32 Å². The number of anilines is 1. The summed E-state index contributed by atoms with van der Waals surface area (Å²) in [4.78, 5) is 17.3. The van der Waals surface area contributed by atoms with Gasteiger partial charge < -0.3 is 20.2 Å². The summed E-state index contributed by atoms with van der Waals surface area (Å²) in [5, 5.41) is 12.5. The van der Waals surface area contributed by atoms with E-state index < -0.39 is 19.4 Å². The lowest BCUT2D eigenvalue weighted by Crippen LogP contribution is -2.30. The van der Waals surface area contributed by atoms with Crippen molar-refractivity contribution < 1.29 is 28.4 Å². The molecular formula is C8H9FNO5P. The molecule has 0 radical (unpaired) electrons. The van der Waals surface area contributed by atoms with E-state index in [-0.39, 0.29) is 17.8 Å². The molecule has 0 spiro atoms. The molecule has 6 nitrogen and oxygen atoms in total. The van der Waals surface area contributed by atoms with Gasteiger partial charge in [-0.05, 0) is 18.2 Å². The molecule has 0 aromatic heterocycles. The zero-order valence-corrected chi connectivity index (χ0v) is 8.82. The summed E-state index contributed by atoms with van der Waals surface area (Å²) in [6, 6.07) is 3.39. The van der Waals surface area contributed by atoms with E-state index in [0.717, 1.165) is 12.1 Å². The van der Waals surface area contributed by atoms with Crippen molar-refractivity contribution in [2.75, 3.05) is 11.9 Å². The summed E-state index contributed by atoms with van der Waals surface area (Å²) in [5.74, 6) is -2.66. The Morgan fingerprint density at radius 1 is 1.50 bits per heavy atom. The summed E-state index contributed by atoms with van der Waals surface area (Å²) in [7, 11) is -4.83. The fraction of sp³-hybridized carbons (Fsp3) is 0.250. The molecule has 0 amide bonds. The molecule has 0 saturated heterocycles. The highest BCUT2D eigenvalue weighted by molar-refractivity contribution is 7.46. The second-order valence-electron chi connectivity index (χ2n) is 3.41. The summed E-state index contributed by atoms with van der Waals surface area (Å²) in [6.45, 7) is -0.253. The van der Waals surface area contributed by atoms with Crippen LogP contribution in [0.25, 0.3) is 0 Å². The molecule has 0 bridgehead atoms. The van der Waals surface area contributed by atoms with E-state index in [4.69, 9.17) is 9.79 Å². The SMILES string of the molecule is O=P(O)(O)OC1(O)CNc2cc(F)ccc21. The quantitative estimate of drug-likeness (QED) is 0.450. The van der Waals surface area contributed by atoms with Gasteiger partial charge in [-0.15, -0.1) is 0 Å². The van der Waals surface area contributed by atoms with Crippen molar-refractivity contribution in [3.05, 3.63) is 29.6 Å². The van der Waals surface area contributed by atoms with Crippen LogP contribution in [0.4, 0.5) is 10.1 Å². The van der Waals surface area contributed by atoms with Crippen LogP contribution in [0.5, 0.6) is 0 Å². The Labute approximate surface area is 89.9 Å². The summed E-state index contributed by atoms with van der Waals surface area (Å²) in [6.07, 6.45) is 0. The van der Waals surface area contributed by atoms with Crippen LogP contribution in [-0.4, -0.2) is 21.4 Å². The first-order valence-electron chi connectivity index (χ1n) is 4.33. The molecule has 1 atom stereocenters. The topological polar surface area (TPSA) is 99.0 Å². The molecule has 16 heavy (non-hydrogen) atoms. The van der Waals surface area contributed by atoms with E-state index in [1.54, 1.807) is 0 Å². The fourth-order valence-electron chi connectivity index (χ4n) is 1.59. The molecule has 88 valence electrons. The normalized spacial score (nSPS) is 24.0. The predicted octanol–water partition coefficient (Wildman–Crippen LogP) is 0.506. The molecule has 1 heterocycles. The van der Waals surface area contributed by atoms with Crippen LogP contribution in [-0.2, 0) is 14.9 Å². The van der Waals surface area contributed by atoms with Gasteiger partial charge in [0.2, 0.25) is 5.79 Å². The maximum atomic E-state index is 12.8. The van der Waals surface area contributed by atoms with Crippen molar-refractivity contribution >= 4 is 13.5 Å². The van der Waals surface area contributed by atoms with Gasteiger partial charge in [-0.25, -0.2) is 13.5 Å². The number of benzene rings is 1. The molecule has 2 rings (SSSR count). The number of phosphoric ester groups is 1. The van der Waals surface area contributed by atoms with Crippen LogP contribution >= 0.6 is 7.82 Å². The first kappa shape index (κ1) is 11.5. The zero-order valence-electron chi connectivity index (χ0n) is 7.92. The Hall–Kier alpha value is -0.980. The lowest BCUT2D eigenvalue weighted by molar-refractivity contribution is -0.140. The number of rotatable bonds is 2. The van der Waals surface area contributed by atoms with E-state index in [0.29, 0.717) is 0 Å². The number of hydrogen-bond acceptors (Lipinski definition) is 4. The molecule has 1 unspecified atom stereocenters. The van der Waals surface area contributed by atoms with Crippen LogP contribution in [0, 0.1) is 5.82 Å². The maximum absolute atomic E-state index is 12.8. The van der Waals surface area contributed by atoms with E-state index in [1.165, 1.54) is 6.07 Å². The van der Waals surface area contributed by atoms with Gasteiger partial charge >= 0.3 is 7.82 Å². The van der Waals surface area contributed by atoms with Crippen molar-refractivity contribution in [1.82, 2.24) is 0 Å². The van der Waals surface area contributed by atoms with Crippen LogP contribution in [0.15, 0.2) is 18.2 Å². The molecule has 0 saturated carbocycles. The van der Waals surface area contributed by atoms with Crippen molar-refractivity contribution in [3.8, 4) is 0 Å². The van der Waals surface area contributed by atoms with Crippen molar-refractivity contribution in [3.63, 3.8) is 0 Å². The van der Waals surface area contributed by atoms with Crippen LogP contribution in [0.3, 0.4) is 0 Å². The lowest BCUT2D eigenvalue weighted by Gasteiger charge is -2.22.